The molecule has 0 saturated carbocycles. The Morgan fingerprint density at radius 3 is 2.83 bits per heavy atom. The van der Waals surface area contributed by atoms with Crippen LogP contribution in [0.1, 0.15) is 38.7 Å². The Morgan fingerprint density at radius 2 is 2.06 bits per heavy atom. The molecular formula is C16H26N2. The minimum atomic E-state index is 0.612. The Bertz CT molecular complexity index is 362. The largest absolute Gasteiger partial charge is 0.370 e. The van der Waals surface area contributed by atoms with E-state index >= 15 is 0 Å². The van der Waals surface area contributed by atoms with Crippen molar-refractivity contribution in [1.82, 2.24) is 5.32 Å². The maximum absolute atomic E-state index is 3.59. The predicted octanol–water partition coefficient (Wildman–Crippen LogP) is 3.22. The summed E-state index contributed by atoms with van der Waals surface area (Å²) in [5, 5.41) is 3.59. The number of nitrogens with zero attached hydrogens (tertiary/aromatic N) is 1. The minimum absolute atomic E-state index is 0.612. The number of para-hydroxylation sites is 1. The fraction of sp³-hybridized carbons (Fsp3) is 0.625. The molecule has 0 spiro atoms. The van der Waals surface area contributed by atoms with Crippen LogP contribution in [0.2, 0.25) is 0 Å². The van der Waals surface area contributed by atoms with Crippen LogP contribution in [0.25, 0.3) is 0 Å². The van der Waals surface area contributed by atoms with Gasteiger partial charge in [-0.1, -0.05) is 32.0 Å². The first-order valence-corrected chi connectivity index (χ1v) is 7.41. The molecule has 0 bridgehead atoms. The number of rotatable bonds is 5. The van der Waals surface area contributed by atoms with E-state index in [0.29, 0.717) is 6.04 Å². The molecule has 0 amide bonds. The van der Waals surface area contributed by atoms with E-state index < -0.39 is 0 Å². The predicted molar refractivity (Wildman–Crippen MR) is 79.3 cm³/mol. The highest BCUT2D eigenvalue weighted by Gasteiger charge is 2.17. The molecule has 1 heterocycles. The Balaban J connectivity index is 2.12. The van der Waals surface area contributed by atoms with Crippen LogP contribution in [0.3, 0.4) is 0 Å². The number of nitrogens with one attached hydrogen (secondary N) is 1. The molecule has 1 aliphatic heterocycles. The number of anilines is 1. The summed E-state index contributed by atoms with van der Waals surface area (Å²) < 4.78 is 0. The molecule has 2 heteroatoms. The van der Waals surface area contributed by atoms with Gasteiger partial charge < -0.3 is 10.2 Å². The maximum atomic E-state index is 3.59. The third-order valence-corrected chi connectivity index (χ3v) is 3.88. The SMILES string of the molecule is CCNC(CC)CN1CCCCc2ccccc21. The van der Waals surface area contributed by atoms with Crippen LogP contribution in [-0.4, -0.2) is 25.7 Å². The Hall–Kier alpha value is -1.02. The zero-order valence-corrected chi connectivity index (χ0v) is 11.8. The molecule has 1 unspecified atom stereocenters. The second-order valence-electron chi connectivity index (χ2n) is 5.19. The zero-order chi connectivity index (χ0) is 12.8. The van der Waals surface area contributed by atoms with Crippen molar-refractivity contribution < 1.29 is 0 Å². The molecule has 1 aliphatic rings. The van der Waals surface area contributed by atoms with Gasteiger partial charge in [0, 0.05) is 24.8 Å². The van der Waals surface area contributed by atoms with Crippen molar-refractivity contribution in [3.63, 3.8) is 0 Å². The Kier molecular flexibility index (Phi) is 5.06. The molecule has 0 radical (unpaired) electrons. The minimum Gasteiger partial charge on any atom is -0.370 e. The van der Waals surface area contributed by atoms with Gasteiger partial charge in [-0.2, -0.15) is 0 Å². The Morgan fingerprint density at radius 1 is 1.22 bits per heavy atom. The third-order valence-electron chi connectivity index (χ3n) is 3.88. The van der Waals surface area contributed by atoms with Gasteiger partial charge in [0.15, 0.2) is 0 Å². The van der Waals surface area contributed by atoms with Gasteiger partial charge in [-0.05, 0) is 43.9 Å². The Labute approximate surface area is 111 Å². The second-order valence-corrected chi connectivity index (χ2v) is 5.19. The normalized spacial score (nSPS) is 17.1. The van der Waals surface area contributed by atoms with Crippen molar-refractivity contribution in [2.75, 3.05) is 24.5 Å². The third kappa shape index (κ3) is 3.26. The lowest BCUT2D eigenvalue weighted by Crippen LogP contribution is -2.41. The quantitative estimate of drug-likeness (QED) is 0.858. The van der Waals surface area contributed by atoms with Gasteiger partial charge in [0.25, 0.3) is 0 Å². The van der Waals surface area contributed by atoms with E-state index in [-0.39, 0.29) is 0 Å². The van der Waals surface area contributed by atoms with Crippen molar-refractivity contribution in [3.8, 4) is 0 Å². The first kappa shape index (κ1) is 13.4. The van der Waals surface area contributed by atoms with Crippen molar-refractivity contribution in [2.24, 2.45) is 0 Å². The van der Waals surface area contributed by atoms with Gasteiger partial charge in [0.2, 0.25) is 0 Å². The molecule has 0 aliphatic carbocycles. The monoisotopic (exact) mass is 246 g/mol. The summed E-state index contributed by atoms with van der Waals surface area (Å²) in [6, 6.07) is 9.54. The summed E-state index contributed by atoms with van der Waals surface area (Å²) in [6.07, 6.45) is 5.08. The molecule has 100 valence electrons. The first-order valence-electron chi connectivity index (χ1n) is 7.41. The summed E-state index contributed by atoms with van der Waals surface area (Å²) >= 11 is 0. The van der Waals surface area contributed by atoms with Gasteiger partial charge in [-0.3, -0.25) is 0 Å². The van der Waals surface area contributed by atoms with E-state index in [2.05, 4.69) is 48.3 Å². The van der Waals surface area contributed by atoms with Crippen LogP contribution in [0.5, 0.6) is 0 Å². The van der Waals surface area contributed by atoms with E-state index in [4.69, 9.17) is 0 Å². The lowest BCUT2D eigenvalue weighted by molar-refractivity contribution is 0.500. The van der Waals surface area contributed by atoms with Crippen molar-refractivity contribution in [1.29, 1.82) is 0 Å². The smallest absolute Gasteiger partial charge is 0.0399 e. The standard InChI is InChI=1S/C16H26N2/c1-3-15(17-4-2)13-18-12-8-7-10-14-9-5-6-11-16(14)18/h5-6,9,11,15,17H,3-4,7-8,10,12-13H2,1-2H3. The molecule has 0 aromatic heterocycles. The molecular weight excluding hydrogens is 220 g/mol. The molecule has 2 rings (SSSR count). The molecule has 18 heavy (non-hydrogen) atoms. The number of hydrogen-bond acceptors (Lipinski definition) is 2. The van der Waals surface area contributed by atoms with Crippen molar-refractivity contribution in [2.45, 2.75) is 45.6 Å². The van der Waals surface area contributed by atoms with Crippen LogP contribution < -0.4 is 10.2 Å². The van der Waals surface area contributed by atoms with E-state index in [1.807, 2.05) is 0 Å². The van der Waals surface area contributed by atoms with E-state index in [9.17, 15) is 0 Å². The van der Waals surface area contributed by atoms with Gasteiger partial charge in [0.1, 0.15) is 0 Å². The topological polar surface area (TPSA) is 15.3 Å². The maximum Gasteiger partial charge on any atom is 0.0399 e. The fourth-order valence-electron chi connectivity index (χ4n) is 2.85. The summed E-state index contributed by atoms with van der Waals surface area (Å²) in [7, 11) is 0. The lowest BCUT2D eigenvalue weighted by atomic mass is 10.1. The summed E-state index contributed by atoms with van der Waals surface area (Å²) in [5.41, 5.74) is 2.99. The van der Waals surface area contributed by atoms with E-state index in [1.165, 1.54) is 43.5 Å². The summed E-state index contributed by atoms with van der Waals surface area (Å²) in [4.78, 5) is 2.58. The van der Waals surface area contributed by atoms with Gasteiger partial charge >= 0.3 is 0 Å². The van der Waals surface area contributed by atoms with Gasteiger partial charge in [0.05, 0.1) is 0 Å². The average molecular weight is 246 g/mol. The van der Waals surface area contributed by atoms with Gasteiger partial charge in [-0.15, -0.1) is 0 Å². The summed E-state index contributed by atoms with van der Waals surface area (Å²) in [5.74, 6) is 0. The lowest BCUT2D eigenvalue weighted by Gasteiger charge is -2.29. The number of likely N-dealkylation sites (N-methyl/N-ethyl adjacent to an activating group) is 1. The van der Waals surface area contributed by atoms with E-state index in [0.717, 1.165) is 13.1 Å². The van der Waals surface area contributed by atoms with E-state index in [1.54, 1.807) is 0 Å². The number of fused-ring (bicyclic) bond motifs is 1. The molecule has 1 N–H and O–H groups in total. The molecule has 1 aromatic carbocycles. The fourth-order valence-corrected chi connectivity index (χ4v) is 2.85. The molecule has 1 atom stereocenters. The average Bonchev–Trinajstić information content (AvgIpc) is 2.61. The number of benzene rings is 1. The molecule has 1 aromatic rings. The highest BCUT2D eigenvalue weighted by molar-refractivity contribution is 5.54. The highest BCUT2D eigenvalue weighted by atomic mass is 15.2. The summed E-state index contributed by atoms with van der Waals surface area (Å²) in [6.45, 7) is 7.88. The molecule has 0 fully saturated rings. The van der Waals surface area contributed by atoms with Crippen LogP contribution in [0, 0.1) is 0 Å². The second kappa shape index (κ2) is 6.79. The first-order chi connectivity index (χ1) is 8.85. The van der Waals surface area contributed by atoms with Crippen LogP contribution in [0.4, 0.5) is 5.69 Å². The van der Waals surface area contributed by atoms with Crippen LogP contribution in [0.15, 0.2) is 24.3 Å². The number of hydrogen-bond donors (Lipinski definition) is 1. The molecule has 0 saturated heterocycles. The highest BCUT2D eigenvalue weighted by Crippen LogP contribution is 2.26. The van der Waals surface area contributed by atoms with Crippen molar-refractivity contribution >= 4 is 5.69 Å². The zero-order valence-electron chi connectivity index (χ0n) is 11.8. The molecule has 2 nitrogen and oxygen atoms in total. The van der Waals surface area contributed by atoms with Crippen LogP contribution in [-0.2, 0) is 6.42 Å². The van der Waals surface area contributed by atoms with Gasteiger partial charge in [-0.25, -0.2) is 0 Å². The van der Waals surface area contributed by atoms with Crippen LogP contribution >= 0.6 is 0 Å². The number of aryl methyl sites for hydroxylation is 1. The van der Waals surface area contributed by atoms with Crippen molar-refractivity contribution in [3.05, 3.63) is 29.8 Å².